The van der Waals surface area contributed by atoms with Gasteiger partial charge in [0.1, 0.15) is 6.04 Å². The molecule has 0 aromatic carbocycles. The topological polar surface area (TPSA) is 161 Å². The average Bonchev–Trinajstić information content (AvgIpc) is 2.80. The molecular weight excluding hydrogens is 412 g/mol. The number of piperidine rings is 1. The summed E-state index contributed by atoms with van der Waals surface area (Å²) in [6.45, 7) is 1.73. The van der Waals surface area contributed by atoms with Crippen molar-refractivity contribution < 1.29 is 19.5 Å². The zero-order valence-corrected chi connectivity index (χ0v) is 19.4. The number of carboxylic acids is 1. The van der Waals surface area contributed by atoms with Gasteiger partial charge in [-0.25, -0.2) is 0 Å². The van der Waals surface area contributed by atoms with Gasteiger partial charge in [0.2, 0.25) is 11.8 Å². The quantitative estimate of drug-likeness (QED) is 0.152. The lowest BCUT2D eigenvalue weighted by molar-refractivity contribution is -0.145. The van der Waals surface area contributed by atoms with Crippen LogP contribution >= 0.6 is 0 Å². The molecule has 32 heavy (non-hydrogen) atoms. The number of hydrogen-bond donors (Lipinski definition) is 6. The van der Waals surface area contributed by atoms with Crippen LogP contribution in [0.4, 0.5) is 0 Å². The van der Waals surface area contributed by atoms with E-state index in [1.54, 1.807) is 4.90 Å². The van der Waals surface area contributed by atoms with E-state index in [0.29, 0.717) is 31.8 Å². The Balaban J connectivity index is 0.00000161. The molecule has 0 aromatic rings. The smallest absolute Gasteiger partial charge is 0.317 e. The highest BCUT2D eigenvalue weighted by Gasteiger charge is 2.36. The van der Waals surface area contributed by atoms with Crippen molar-refractivity contribution >= 4 is 24.1 Å². The van der Waals surface area contributed by atoms with E-state index in [2.05, 4.69) is 21.7 Å². The molecule has 10 heteroatoms. The number of carbonyl (C=O) groups excluding carboxylic acids is 2. The predicted octanol–water partition coefficient (Wildman–Crippen LogP) is 0.659. The molecule has 2 rings (SSSR count). The van der Waals surface area contributed by atoms with Gasteiger partial charge in [-0.05, 0) is 51.6 Å². The lowest BCUT2D eigenvalue weighted by Gasteiger charge is -2.38. The Bertz CT molecular complexity index is 583. The molecular formula is C22H42N6O4. The lowest BCUT2D eigenvalue weighted by atomic mass is 9.84. The number of nitrogens with one attached hydrogen (secondary N) is 4. The third kappa shape index (κ3) is 10.4. The standard InChI is InChI=1S/C21H38N4O4.CH4N2/c1-22-11-7-12-23-20(28)18-10-5-6-13-25(18)21(29)17(24-15-19(26)27)14-16-8-3-2-4-9-16;2-1-3/h16-18,22,24H,2-15H2,1H3,(H,23,28)(H,26,27);1H,(H3,2,3). The number of likely N-dealkylation sites (tertiary alicyclic amines) is 1. The van der Waals surface area contributed by atoms with E-state index in [-0.39, 0.29) is 18.4 Å². The Kier molecular flexibility index (Phi) is 14.3. The van der Waals surface area contributed by atoms with Crippen molar-refractivity contribution in [2.45, 2.75) is 76.3 Å². The second kappa shape index (κ2) is 16.4. The molecule has 2 aliphatic rings. The monoisotopic (exact) mass is 454 g/mol. The molecule has 2 unspecified atom stereocenters. The molecule has 1 heterocycles. The Morgan fingerprint density at radius 3 is 2.41 bits per heavy atom. The number of carbonyl (C=O) groups is 3. The van der Waals surface area contributed by atoms with Gasteiger partial charge in [0.15, 0.2) is 0 Å². The van der Waals surface area contributed by atoms with Gasteiger partial charge in [0.05, 0.1) is 18.9 Å². The first-order chi connectivity index (χ1) is 15.4. The lowest BCUT2D eigenvalue weighted by Crippen LogP contribution is -2.57. The maximum absolute atomic E-state index is 13.4. The van der Waals surface area contributed by atoms with Gasteiger partial charge in [0.25, 0.3) is 0 Å². The van der Waals surface area contributed by atoms with E-state index in [4.69, 9.17) is 10.5 Å². The highest BCUT2D eigenvalue weighted by atomic mass is 16.4. The molecule has 0 radical (unpaired) electrons. The van der Waals surface area contributed by atoms with Crippen LogP contribution in [-0.4, -0.2) is 79.4 Å². The molecule has 0 spiro atoms. The van der Waals surface area contributed by atoms with Crippen LogP contribution < -0.4 is 21.7 Å². The van der Waals surface area contributed by atoms with Crippen LogP contribution in [0.1, 0.15) is 64.2 Å². The maximum Gasteiger partial charge on any atom is 0.317 e. The fraction of sp³-hybridized carbons (Fsp3) is 0.818. The highest BCUT2D eigenvalue weighted by molar-refractivity contribution is 5.90. The van der Waals surface area contributed by atoms with Gasteiger partial charge in [-0.1, -0.05) is 32.1 Å². The number of nitrogens with two attached hydrogens (primary N) is 1. The first kappa shape index (κ1) is 27.8. The van der Waals surface area contributed by atoms with Gasteiger partial charge < -0.3 is 26.4 Å². The molecule has 0 bridgehead atoms. The fourth-order valence-corrected chi connectivity index (χ4v) is 4.50. The number of amides is 2. The maximum atomic E-state index is 13.4. The summed E-state index contributed by atoms with van der Waals surface area (Å²) in [6, 6.07) is -0.988. The van der Waals surface area contributed by atoms with Crippen molar-refractivity contribution in [2.75, 3.05) is 33.2 Å². The predicted molar refractivity (Wildman–Crippen MR) is 124 cm³/mol. The van der Waals surface area contributed by atoms with Crippen molar-refractivity contribution in [3.63, 3.8) is 0 Å². The molecule has 0 aromatic heterocycles. The Hall–Kier alpha value is -2.20. The summed E-state index contributed by atoms with van der Waals surface area (Å²) in [5.74, 6) is -0.739. The van der Waals surface area contributed by atoms with E-state index in [9.17, 15) is 14.4 Å². The van der Waals surface area contributed by atoms with E-state index in [0.717, 1.165) is 45.0 Å². The minimum atomic E-state index is -0.969. The van der Waals surface area contributed by atoms with Crippen LogP contribution in [0.5, 0.6) is 0 Å². The van der Waals surface area contributed by atoms with Crippen molar-refractivity contribution in [1.82, 2.24) is 20.9 Å². The van der Waals surface area contributed by atoms with Crippen LogP contribution in [0, 0.1) is 11.3 Å². The zero-order chi connectivity index (χ0) is 23.8. The summed E-state index contributed by atoms with van der Waals surface area (Å²) in [6.07, 6.45) is 10.5. The first-order valence-electron chi connectivity index (χ1n) is 11.8. The number of nitrogens with zero attached hydrogens (tertiary/aromatic N) is 1. The van der Waals surface area contributed by atoms with Crippen molar-refractivity contribution in [3.8, 4) is 0 Å². The number of carboxylic acid groups (broad SMARTS) is 1. The van der Waals surface area contributed by atoms with Gasteiger partial charge in [0, 0.05) is 13.1 Å². The SMILES string of the molecule is CNCCCNC(=O)C1CCCCN1C(=O)C(CC1CCCCC1)NCC(=O)O.N=CN. The minimum absolute atomic E-state index is 0.0937. The van der Waals surface area contributed by atoms with Crippen molar-refractivity contribution in [3.05, 3.63) is 0 Å². The molecule has 1 saturated heterocycles. The molecule has 1 aliphatic heterocycles. The van der Waals surface area contributed by atoms with Gasteiger partial charge >= 0.3 is 5.97 Å². The summed E-state index contributed by atoms with van der Waals surface area (Å²) in [5.41, 5.74) is 4.39. The van der Waals surface area contributed by atoms with E-state index < -0.39 is 18.1 Å². The average molecular weight is 455 g/mol. The first-order valence-corrected chi connectivity index (χ1v) is 11.8. The fourth-order valence-electron chi connectivity index (χ4n) is 4.50. The van der Waals surface area contributed by atoms with E-state index in [1.807, 2.05) is 7.05 Å². The zero-order valence-electron chi connectivity index (χ0n) is 19.4. The summed E-state index contributed by atoms with van der Waals surface area (Å²) < 4.78 is 0. The second-order valence-electron chi connectivity index (χ2n) is 8.52. The molecule has 2 amide bonds. The third-order valence-corrected chi connectivity index (χ3v) is 6.08. The Labute approximate surface area is 191 Å². The molecule has 2 atom stereocenters. The molecule has 184 valence electrons. The van der Waals surface area contributed by atoms with Gasteiger partial charge in [-0.15, -0.1) is 0 Å². The molecule has 10 nitrogen and oxygen atoms in total. The van der Waals surface area contributed by atoms with E-state index >= 15 is 0 Å². The number of hydrogen-bond acceptors (Lipinski definition) is 6. The van der Waals surface area contributed by atoms with Crippen LogP contribution in [0.25, 0.3) is 0 Å². The summed E-state index contributed by atoms with van der Waals surface area (Å²) in [5, 5.41) is 23.9. The number of rotatable bonds is 11. The molecule has 2 fully saturated rings. The summed E-state index contributed by atoms with van der Waals surface area (Å²) >= 11 is 0. The van der Waals surface area contributed by atoms with Gasteiger partial charge in [-0.2, -0.15) is 0 Å². The van der Waals surface area contributed by atoms with Gasteiger partial charge in [-0.3, -0.25) is 25.1 Å². The van der Waals surface area contributed by atoms with E-state index in [1.165, 1.54) is 19.3 Å². The van der Waals surface area contributed by atoms with Crippen LogP contribution in [0.15, 0.2) is 0 Å². The van der Waals surface area contributed by atoms with Crippen molar-refractivity contribution in [1.29, 1.82) is 5.41 Å². The normalized spacial score (nSPS) is 19.9. The summed E-state index contributed by atoms with van der Waals surface area (Å²) in [7, 11) is 1.87. The highest BCUT2D eigenvalue weighted by Crippen LogP contribution is 2.28. The van der Waals surface area contributed by atoms with Crippen LogP contribution in [-0.2, 0) is 14.4 Å². The molecule has 1 aliphatic carbocycles. The molecule has 7 N–H and O–H groups in total. The molecule has 1 saturated carbocycles. The summed E-state index contributed by atoms with van der Waals surface area (Å²) in [4.78, 5) is 38.8. The van der Waals surface area contributed by atoms with Crippen LogP contribution in [0.2, 0.25) is 0 Å². The Morgan fingerprint density at radius 2 is 1.78 bits per heavy atom. The second-order valence-corrected chi connectivity index (χ2v) is 8.52. The number of aliphatic carboxylic acids is 1. The minimum Gasteiger partial charge on any atom is -0.480 e. The third-order valence-electron chi connectivity index (χ3n) is 6.08. The van der Waals surface area contributed by atoms with Crippen LogP contribution in [0.3, 0.4) is 0 Å². The Morgan fingerprint density at radius 1 is 1.12 bits per heavy atom. The van der Waals surface area contributed by atoms with Crippen molar-refractivity contribution in [2.24, 2.45) is 11.7 Å². The largest absolute Gasteiger partial charge is 0.480 e.